The van der Waals surface area contributed by atoms with Crippen LogP contribution in [-0.4, -0.2) is 152 Å². The van der Waals surface area contributed by atoms with Crippen molar-refractivity contribution in [2.24, 2.45) is 28.8 Å². The highest BCUT2D eigenvalue weighted by molar-refractivity contribution is 6.00. The lowest BCUT2D eigenvalue weighted by atomic mass is 9.74. The summed E-state index contributed by atoms with van der Waals surface area (Å²) in [4.78, 5) is 35.7. The number of hydrogen-bond donors (Lipinski definition) is 5. The molecule has 0 amide bonds. The number of nitrogens with one attached hydrogen (secondary N) is 2. The predicted molar refractivity (Wildman–Crippen MR) is 256 cm³/mol. The van der Waals surface area contributed by atoms with E-state index in [0.717, 1.165) is 32.5 Å². The van der Waals surface area contributed by atoms with Gasteiger partial charge in [-0.2, -0.15) is 0 Å². The van der Waals surface area contributed by atoms with Crippen molar-refractivity contribution < 1.29 is 53.4 Å². The summed E-state index contributed by atoms with van der Waals surface area (Å²) in [6.45, 7) is 18.1. The van der Waals surface area contributed by atoms with Crippen LogP contribution in [0.1, 0.15) is 93.1 Å². The first-order valence-electron chi connectivity index (χ1n) is 24.0. The number of aliphatic hydroxyl groups is 3. The van der Waals surface area contributed by atoms with E-state index in [-0.39, 0.29) is 31.6 Å². The number of likely N-dealkylation sites (N-methyl/N-ethyl adjacent to an activating group) is 1. The zero-order valence-electron chi connectivity index (χ0n) is 41.5. The molecule has 0 radical (unpaired) electrons. The zero-order valence-corrected chi connectivity index (χ0v) is 41.5. The van der Waals surface area contributed by atoms with Crippen molar-refractivity contribution in [1.29, 1.82) is 0 Å². The Kier molecular flexibility index (Phi) is 22.1. The van der Waals surface area contributed by atoms with Crippen molar-refractivity contribution in [2.75, 3.05) is 60.7 Å². The van der Waals surface area contributed by atoms with Gasteiger partial charge in [-0.25, -0.2) is 0 Å². The molecule has 2 saturated heterocycles. The molecule has 2 aliphatic rings. The zero-order chi connectivity index (χ0) is 48.6. The number of oxime groups is 1. The molecule has 0 saturated carbocycles. The molecular weight excluding hydrogens is 845 g/mol. The maximum absolute atomic E-state index is 14.2. The molecule has 15 nitrogen and oxygen atoms in total. The second-order valence-corrected chi connectivity index (χ2v) is 19.1. The predicted octanol–water partition coefficient (Wildman–Crippen LogP) is 5.37. The van der Waals surface area contributed by atoms with Crippen molar-refractivity contribution >= 4 is 17.5 Å². The number of carbonyl (C=O) groups is 2. The Morgan fingerprint density at radius 3 is 2.12 bits per heavy atom. The fourth-order valence-corrected chi connectivity index (χ4v) is 9.36. The largest absolute Gasteiger partial charge is 0.459 e. The highest BCUT2D eigenvalue weighted by Crippen LogP contribution is 2.38. The fraction of sp³-hybridized carbons (Fsp3) is 0.706. The van der Waals surface area contributed by atoms with Gasteiger partial charge >= 0.3 is 5.97 Å². The van der Waals surface area contributed by atoms with Crippen LogP contribution >= 0.6 is 0 Å². The number of ether oxygens (including phenoxy) is 5. The minimum Gasteiger partial charge on any atom is -0.459 e. The minimum atomic E-state index is -1.91. The highest BCUT2D eigenvalue weighted by Gasteiger charge is 2.51. The second-order valence-electron chi connectivity index (χ2n) is 19.1. The average molecular weight is 927 g/mol. The van der Waals surface area contributed by atoms with Gasteiger partial charge in [-0.3, -0.25) is 9.59 Å². The number of Topliss-reactive ketones (excluding diaryl/α,β-unsaturated/α-hetero) is 1. The quantitative estimate of drug-likeness (QED) is 0.0494. The number of methoxy groups -OCH3 is 1. The molecule has 13 atom stereocenters. The first-order valence-corrected chi connectivity index (χ1v) is 24.0. The van der Waals surface area contributed by atoms with Crippen LogP contribution in [0, 0.1) is 23.7 Å². The molecule has 2 aliphatic heterocycles. The van der Waals surface area contributed by atoms with Crippen LogP contribution in [0.5, 0.6) is 0 Å². The lowest BCUT2D eigenvalue weighted by Crippen LogP contribution is -2.60. The van der Waals surface area contributed by atoms with Crippen molar-refractivity contribution in [3.8, 4) is 11.1 Å². The van der Waals surface area contributed by atoms with E-state index in [1.807, 2.05) is 45.8 Å². The number of ketones is 1. The summed E-state index contributed by atoms with van der Waals surface area (Å²) in [6.07, 6.45) is -3.31. The molecule has 0 aromatic heterocycles. The summed E-state index contributed by atoms with van der Waals surface area (Å²) in [6, 6.07) is 18.7. The van der Waals surface area contributed by atoms with Crippen LogP contribution in [0.4, 0.5) is 0 Å². The van der Waals surface area contributed by atoms with Gasteiger partial charge < -0.3 is 59.4 Å². The van der Waals surface area contributed by atoms with E-state index in [0.29, 0.717) is 31.9 Å². The number of esters is 1. The second kappa shape index (κ2) is 26.4. The molecule has 66 heavy (non-hydrogen) atoms. The normalized spacial score (nSPS) is 33.4. The van der Waals surface area contributed by atoms with E-state index in [1.54, 1.807) is 20.8 Å². The van der Waals surface area contributed by atoms with E-state index in [4.69, 9.17) is 28.5 Å². The number of hydrogen-bond acceptors (Lipinski definition) is 15. The van der Waals surface area contributed by atoms with Gasteiger partial charge in [0.1, 0.15) is 30.3 Å². The van der Waals surface area contributed by atoms with E-state index in [2.05, 4.69) is 64.3 Å². The molecule has 0 spiro atoms. The Morgan fingerprint density at radius 1 is 0.864 bits per heavy atom. The molecule has 2 aromatic carbocycles. The topological polar surface area (TPSA) is 190 Å². The summed E-state index contributed by atoms with van der Waals surface area (Å²) in [7, 11) is 5.29. The Bertz CT molecular complexity index is 1780. The Hall–Kier alpha value is -3.35. The summed E-state index contributed by atoms with van der Waals surface area (Å²) in [5.74, 6) is -4.71. The van der Waals surface area contributed by atoms with Gasteiger partial charge in [-0.15, -0.1) is 0 Å². The van der Waals surface area contributed by atoms with E-state index >= 15 is 0 Å². The van der Waals surface area contributed by atoms with E-state index in [9.17, 15) is 24.9 Å². The summed E-state index contributed by atoms with van der Waals surface area (Å²) in [5, 5.41) is 46.6. The Morgan fingerprint density at radius 2 is 1.50 bits per heavy atom. The third-order valence-corrected chi connectivity index (χ3v) is 13.6. The molecule has 4 rings (SSSR count). The standard InChI is InChI=1S/C51H82N4O11/c1-12-42-51(8,60)46(58)35(4)43(54-63-29-26-52-24-16-27-62-28-17-25-53-32-38-20-22-40(23-21-38)39-18-14-13-15-19-39)33(2)31-50(7,61-11)47(36(5)44(56)37(6)48(59)65-42)66-49-45(57)41(55(9)10)30-34(3)64-49/h13-15,18-23,33-37,41-42,45-47,49,52-53,57-58,60H,12,16-17,24-32H2,1-11H3/t33-,34-,35+,36+,37-,41+,42-,45-,46-,47-,49+,50+,51-/m1/s1. The van der Waals surface area contributed by atoms with E-state index in [1.165, 1.54) is 37.6 Å². The SMILES string of the molecule is CC[C@H]1OC(=O)[C@H](C)C(=O)[C@H](C)[C@@H](O[C@@H]2O[C@H](C)C[C@H](N(C)C)[C@H]2O)[C@@](C)(OC)C[C@@H](C)C(=NOCCNCCCOCCCNCc2ccc(-c3ccccc3)cc2)[C@H](C)[C@@H](O)[C@]1(C)O. The van der Waals surface area contributed by atoms with Gasteiger partial charge in [0.05, 0.1) is 29.6 Å². The average Bonchev–Trinajstić information content (AvgIpc) is 3.30. The van der Waals surface area contributed by atoms with Gasteiger partial charge in [0.15, 0.2) is 12.1 Å². The first kappa shape index (κ1) is 55.2. The van der Waals surface area contributed by atoms with Gasteiger partial charge in [0.25, 0.3) is 0 Å². The van der Waals surface area contributed by atoms with Crippen molar-refractivity contribution in [2.45, 2.75) is 148 Å². The lowest BCUT2D eigenvalue weighted by Gasteiger charge is -2.47. The number of carbonyl (C=O) groups excluding carboxylic acids is 2. The van der Waals surface area contributed by atoms with Gasteiger partial charge in [0, 0.05) is 57.2 Å². The van der Waals surface area contributed by atoms with Crippen molar-refractivity contribution in [1.82, 2.24) is 15.5 Å². The Balaban J connectivity index is 1.36. The molecule has 372 valence electrons. The molecule has 2 heterocycles. The third-order valence-electron chi connectivity index (χ3n) is 13.6. The maximum Gasteiger partial charge on any atom is 0.316 e. The van der Waals surface area contributed by atoms with Crippen LogP contribution in [-0.2, 0) is 44.7 Å². The van der Waals surface area contributed by atoms with E-state index < -0.39 is 77.3 Å². The number of nitrogens with zero attached hydrogens (tertiary/aromatic N) is 2. The minimum absolute atomic E-state index is 0.173. The summed E-state index contributed by atoms with van der Waals surface area (Å²) < 4.78 is 30.8. The van der Waals surface area contributed by atoms with Crippen LogP contribution in [0.3, 0.4) is 0 Å². The fourth-order valence-electron chi connectivity index (χ4n) is 9.36. The van der Waals surface area contributed by atoms with Crippen molar-refractivity contribution in [3.63, 3.8) is 0 Å². The first-order chi connectivity index (χ1) is 31.4. The Labute approximate surface area is 394 Å². The summed E-state index contributed by atoms with van der Waals surface area (Å²) >= 11 is 0. The molecule has 0 aliphatic carbocycles. The number of aliphatic hydroxyl groups excluding tert-OH is 2. The monoisotopic (exact) mass is 927 g/mol. The van der Waals surface area contributed by atoms with Crippen LogP contribution in [0.2, 0.25) is 0 Å². The molecule has 15 heteroatoms. The summed E-state index contributed by atoms with van der Waals surface area (Å²) in [5.41, 5.74) is 0.971. The van der Waals surface area contributed by atoms with Crippen LogP contribution < -0.4 is 10.6 Å². The molecule has 0 bridgehead atoms. The van der Waals surface area contributed by atoms with Crippen molar-refractivity contribution in [3.05, 3.63) is 60.2 Å². The van der Waals surface area contributed by atoms with Gasteiger partial charge in [0.2, 0.25) is 0 Å². The molecule has 5 N–H and O–H groups in total. The lowest BCUT2D eigenvalue weighted by molar-refractivity contribution is -0.295. The maximum atomic E-state index is 14.2. The number of cyclic esters (lactones) is 1. The van der Waals surface area contributed by atoms with Crippen LogP contribution in [0.15, 0.2) is 59.8 Å². The number of benzene rings is 2. The third kappa shape index (κ3) is 15.1. The van der Waals surface area contributed by atoms with Gasteiger partial charge in [-0.05, 0) is 104 Å². The molecule has 2 fully saturated rings. The highest BCUT2D eigenvalue weighted by atomic mass is 16.7. The molecule has 0 unspecified atom stereocenters. The van der Waals surface area contributed by atoms with Crippen LogP contribution in [0.25, 0.3) is 11.1 Å². The molecular formula is C51H82N4O11. The number of rotatable bonds is 20. The molecule has 2 aromatic rings. The smallest absolute Gasteiger partial charge is 0.316 e. The van der Waals surface area contributed by atoms with Gasteiger partial charge in [-0.1, -0.05) is 87.4 Å².